The van der Waals surface area contributed by atoms with Crippen LogP contribution in [0.2, 0.25) is 5.02 Å². The van der Waals surface area contributed by atoms with Crippen molar-refractivity contribution in [3.05, 3.63) is 57.2 Å². The van der Waals surface area contributed by atoms with Gasteiger partial charge < -0.3 is 0 Å². The number of aryl methyl sites for hydroxylation is 1. The Morgan fingerprint density at radius 3 is 2.75 bits per heavy atom. The fourth-order valence-electron chi connectivity index (χ4n) is 2.13. The van der Waals surface area contributed by atoms with E-state index in [0.29, 0.717) is 5.65 Å². The quantitative estimate of drug-likeness (QED) is 0.558. The van der Waals surface area contributed by atoms with E-state index in [9.17, 15) is 18.5 Å². The summed E-state index contributed by atoms with van der Waals surface area (Å²) in [5.41, 5.74) is 0.360. The van der Waals surface area contributed by atoms with Crippen molar-refractivity contribution in [2.45, 2.75) is 11.8 Å². The average molecular weight is 368 g/mol. The lowest BCUT2D eigenvalue weighted by Gasteiger charge is -2.09. The Morgan fingerprint density at radius 2 is 2.04 bits per heavy atom. The van der Waals surface area contributed by atoms with Gasteiger partial charge in [0.15, 0.2) is 5.65 Å². The highest BCUT2D eigenvalue weighted by Gasteiger charge is 2.25. The Hall–Kier alpha value is -2.72. The normalized spacial score (nSPS) is 11.6. The maximum atomic E-state index is 12.6. The molecular formula is C13H10ClN5O4S. The molecule has 0 aliphatic heterocycles. The van der Waals surface area contributed by atoms with E-state index in [1.165, 1.54) is 17.4 Å². The van der Waals surface area contributed by atoms with Gasteiger partial charge in [0.25, 0.3) is 15.7 Å². The second-order valence-electron chi connectivity index (χ2n) is 4.88. The molecule has 3 aromatic rings. The van der Waals surface area contributed by atoms with E-state index in [0.717, 1.165) is 6.07 Å². The minimum absolute atomic E-state index is 0.0510. The van der Waals surface area contributed by atoms with E-state index in [1.807, 2.05) is 0 Å². The Morgan fingerprint density at radius 1 is 1.29 bits per heavy atom. The number of hydrogen-bond donors (Lipinski definition) is 1. The Bertz CT molecular complexity index is 1060. The third-order valence-corrected chi connectivity index (χ3v) is 5.07. The second kappa shape index (κ2) is 5.73. The number of nitrogens with one attached hydrogen (secondary N) is 1. The van der Waals surface area contributed by atoms with E-state index in [-0.39, 0.29) is 22.2 Å². The summed E-state index contributed by atoms with van der Waals surface area (Å²) < 4.78 is 28.8. The topological polar surface area (TPSA) is 120 Å². The van der Waals surface area contributed by atoms with Crippen LogP contribution in [0, 0.1) is 17.0 Å². The summed E-state index contributed by atoms with van der Waals surface area (Å²) in [7, 11) is -4.19. The van der Waals surface area contributed by atoms with Crippen LogP contribution in [0.4, 0.5) is 11.6 Å². The van der Waals surface area contributed by atoms with E-state index >= 15 is 0 Å². The average Bonchev–Trinajstić information content (AvgIpc) is 2.89. The molecule has 2 aromatic heterocycles. The Kier molecular flexibility index (Phi) is 3.85. The predicted octanol–water partition coefficient (Wildman–Crippen LogP) is 2.40. The van der Waals surface area contributed by atoms with Gasteiger partial charge in [-0.05, 0) is 25.1 Å². The number of nitro groups is 1. The van der Waals surface area contributed by atoms with Gasteiger partial charge in [0, 0.05) is 17.8 Å². The zero-order valence-electron chi connectivity index (χ0n) is 12.2. The van der Waals surface area contributed by atoms with Crippen LogP contribution in [0.25, 0.3) is 5.65 Å². The summed E-state index contributed by atoms with van der Waals surface area (Å²) in [6.07, 6.45) is 1.58. The van der Waals surface area contributed by atoms with Crippen LogP contribution in [0.1, 0.15) is 5.56 Å². The molecule has 0 bridgehead atoms. The lowest BCUT2D eigenvalue weighted by molar-refractivity contribution is -0.385. The molecule has 0 radical (unpaired) electrons. The van der Waals surface area contributed by atoms with Gasteiger partial charge in [-0.2, -0.15) is 0 Å². The number of aromatic nitrogens is 3. The summed E-state index contributed by atoms with van der Waals surface area (Å²) in [4.78, 5) is 9.95. The van der Waals surface area contributed by atoms with Gasteiger partial charge in [0.05, 0.1) is 9.95 Å². The van der Waals surface area contributed by atoms with E-state index in [1.54, 1.807) is 24.4 Å². The zero-order chi connectivity index (χ0) is 17.5. The summed E-state index contributed by atoms with van der Waals surface area (Å²) in [6, 6.07) is 7.20. The van der Waals surface area contributed by atoms with Gasteiger partial charge in [0.1, 0.15) is 4.90 Å². The molecule has 0 atom stereocenters. The van der Waals surface area contributed by atoms with Gasteiger partial charge in [-0.25, -0.2) is 13.1 Å². The molecule has 0 aliphatic rings. The van der Waals surface area contributed by atoms with Crippen molar-refractivity contribution in [3.63, 3.8) is 0 Å². The van der Waals surface area contributed by atoms with Crippen molar-refractivity contribution in [1.82, 2.24) is 14.6 Å². The highest BCUT2D eigenvalue weighted by atomic mass is 35.5. The SMILES string of the molecule is Cc1cc(Cl)c(S(=O)(=O)Nc2nnc3ccccn23)cc1[N+](=O)[O-]. The first-order chi connectivity index (χ1) is 11.3. The third-order valence-electron chi connectivity index (χ3n) is 3.28. The smallest absolute Gasteiger partial charge is 0.268 e. The van der Waals surface area contributed by atoms with Gasteiger partial charge in [-0.1, -0.05) is 17.7 Å². The molecule has 1 aromatic carbocycles. The molecule has 11 heteroatoms. The molecule has 9 nitrogen and oxygen atoms in total. The van der Waals surface area contributed by atoms with Gasteiger partial charge in [-0.15, -0.1) is 10.2 Å². The van der Waals surface area contributed by atoms with Gasteiger partial charge in [0.2, 0.25) is 5.95 Å². The fraction of sp³-hybridized carbons (Fsp3) is 0.0769. The molecule has 0 unspecified atom stereocenters. The van der Waals surface area contributed by atoms with Crippen molar-refractivity contribution in [2.75, 3.05) is 4.72 Å². The maximum absolute atomic E-state index is 12.6. The Balaban J connectivity index is 2.08. The molecule has 0 aliphatic carbocycles. The number of anilines is 1. The fourth-order valence-corrected chi connectivity index (χ4v) is 3.73. The van der Waals surface area contributed by atoms with Crippen LogP contribution in [-0.4, -0.2) is 27.9 Å². The van der Waals surface area contributed by atoms with Crippen molar-refractivity contribution < 1.29 is 13.3 Å². The largest absolute Gasteiger partial charge is 0.273 e. The number of nitro benzene ring substituents is 1. The molecule has 124 valence electrons. The highest BCUT2D eigenvalue weighted by molar-refractivity contribution is 7.92. The summed E-state index contributed by atoms with van der Waals surface area (Å²) >= 11 is 5.96. The number of halogens is 1. The highest BCUT2D eigenvalue weighted by Crippen LogP contribution is 2.30. The summed E-state index contributed by atoms with van der Waals surface area (Å²) in [6.45, 7) is 1.47. The summed E-state index contributed by atoms with van der Waals surface area (Å²) in [5.74, 6) is -0.0510. The minimum Gasteiger partial charge on any atom is -0.268 e. The van der Waals surface area contributed by atoms with Crippen LogP contribution in [0.15, 0.2) is 41.4 Å². The standard InChI is InChI=1S/C13H10ClN5O4S/c1-8-6-9(14)11(7-10(8)19(20)21)24(22,23)17-13-16-15-12-4-2-3-5-18(12)13/h2-7H,1H3,(H,16,17). The molecular weight excluding hydrogens is 358 g/mol. The van der Waals surface area contributed by atoms with Crippen molar-refractivity contribution in [1.29, 1.82) is 0 Å². The van der Waals surface area contributed by atoms with E-state index in [4.69, 9.17) is 11.6 Å². The van der Waals surface area contributed by atoms with Crippen molar-refractivity contribution >= 4 is 38.9 Å². The van der Waals surface area contributed by atoms with Crippen molar-refractivity contribution in [2.24, 2.45) is 0 Å². The maximum Gasteiger partial charge on any atom is 0.273 e. The number of benzene rings is 1. The van der Waals surface area contributed by atoms with Crippen molar-refractivity contribution in [3.8, 4) is 0 Å². The van der Waals surface area contributed by atoms with Crippen LogP contribution < -0.4 is 4.72 Å². The lowest BCUT2D eigenvalue weighted by atomic mass is 10.2. The zero-order valence-corrected chi connectivity index (χ0v) is 13.7. The van der Waals surface area contributed by atoms with E-state index in [2.05, 4.69) is 14.9 Å². The number of fused-ring (bicyclic) bond motifs is 1. The number of hydrogen-bond acceptors (Lipinski definition) is 6. The first-order valence-electron chi connectivity index (χ1n) is 6.57. The first kappa shape index (κ1) is 16.1. The lowest BCUT2D eigenvalue weighted by Crippen LogP contribution is -2.16. The van der Waals surface area contributed by atoms with Gasteiger partial charge >= 0.3 is 0 Å². The monoisotopic (exact) mass is 367 g/mol. The van der Waals surface area contributed by atoms with Crippen LogP contribution in [0.5, 0.6) is 0 Å². The number of rotatable bonds is 4. The molecule has 3 rings (SSSR count). The summed E-state index contributed by atoms with van der Waals surface area (Å²) in [5, 5.41) is 18.5. The molecule has 1 N–H and O–H groups in total. The predicted molar refractivity (Wildman–Crippen MR) is 86.6 cm³/mol. The second-order valence-corrected chi connectivity index (χ2v) is 6.94. The van der Waals surface area contributed by atoms with Crippen LogP contribution in [-0.2, 0) is 10.0 Å². The third kappa shape index (κ3) is 2.76. The number of pyridine rings is 1. The van der Waals surface area contributed by atoms with Gasteiger partial charge in [-0.3, -0.25) is 14.5 Å². The molecule has 24 heavy (non-hydrogen) atoms. The van der Waals surface area contributed by atoms with E-state index < -0.39 is 19.8 Å². The first-order valence-corrected chi connectivity index (χ1v) is 8.43. The number of nitrogens with zero attached hydrogens (tertiary/aromatic N) is 4. The van der Waals surface area contributed by atoms with Crippen LogP contribution in [0.3, 0.4) is 0 Å². The Labute approximate surface area is 141 Å². The molecule has 0 amide bonds. The molecule has 0 fully saturated rings. The molecule has 2 heterocycles. The number of sulfonamides is 1. The molecule has 0 saturated carbocycles. The minimum atomic E-state index is -4.19. The molecule has 0 spiro atoms. The van der Waals surface area contributed by atoms with Crippen LogP contribution >= 0.6 is 11.6 Å². The molecule has 0 saturated heterocycles.